The van der Waals surface area contributed by atoms with E-state index in [1.807, 2.05) is 12.3 Å². The predicted octanol–water partition coefficient (Wildman–Crippen LogP) is 6.12. The molecule has 0 saturated carbocycles. The number of benzene rings is 2. The Kier molecular flexibility index (Phi) is 5.34. The molecule has 3 nitrogen and oxygen atoms in total. The number of fused-ring (bicyclic) bond motifs is 1. The molecule has 4 rings (SSSR count). The normalized spacial score (nSPS) is 15.3. The van der Waals surface area contributed by atoms with Crippen LogP contribution in [0, 0.1) is 6.92 Å². The van der Waals surface area contributed by atoms with Crippen molar-refractivity contribution in [2.75, 3.05) is 12.4 Å². The molecule has 3 heteroatoms. The Labute approximate surface area is 167 Å². The van der Waals surface area contributed by atoms with Crippen LogP contribution in [0.25, 0.3) is 11.1 Å². The summed E-state index contributed by atoms with van der Waals surface area (Å²) in [6.07, 6.45) is 5.63. The maximum Gasteiger partial charge on any atom is 0.212 e. The van der Waals surface area contributed by atoms with Crippen molar-refractivity contribution >= 4 is 5.69 Å². The molecule has 0 spiro atoms. The molecule has 0 bridgehead atoms. The standard InChI is InChI=1S/C25H28N2O/c1-4-19-7-8-20-14-22(10-11-23(19)20)26-15-18-6-5-17(2)24(13-18)21-9-12-25(28-3)27-16-21/h5-6,9-14,16,19,26H,4,7-8,15H2,1-3H3. The Morgan fingerprint density at radius 3 is 2.75 bits per heavy atom. The molecular formula is C25H28N2O. The van der Waals surface area contributed by atoms with Gasteiger partial charge in [0.25, 0.3) is 0 Å². The summed E-state index contributed by atoms with van der Waals surface area (Å²) in [5.74, 6) is 1.39. The van der Waals surface area contributed by atoms with E-state index in [0.717, 1.165) is 18.0 Å². The van der Waals surface area contributed by atoms with E-state index in [1.165, 1.54) is 47.2 Å². The molecule has 1 heterocycles. The van der Waals surface area contributed by atoms with E-state index in [1.54, 1.807) is 12.7 Å². The summed E-state index contributed by atoms with van der Waals surface area (Å²) in [5.41, 5.74) is 9.13. The molecule has 1 aliphatic carbocycles. The van der Waals surface area contributed by atoms with Crippen LogP contribution < -0.4 is 10.1 Å². The Morgan fingerprint density at radius 1 is 1.11 bits per heavy atom. The maximum atomic E-state index is 5.17. The van der Waals surface area contributed by atoms with E-state index < -0.39 is 0 Å². The Hall–Kier alpha value is -2.81. The highest BCUT2D eigenvalue weighted by atomic mass is 16.5. The quantitative estimate of drug-likeness (QED) is 0.566. The number of anilines is 1. The van der Waals surface area contributed by atoms with Gasteiger partial charge in [-0.25, -0.2) is 4.98 Å². The molecule has 0 radical (unpaired) electrons. The number of methoxy groups -OCH3 is 1. The van der Waals surface area contributed by atoms with Crippen LogP contribution in [0.15, 0.2) is 54.7 Å². The fourth-order valence-electron chi connectivity index (χ4n) is 4.19. The van der Waals surface area contributed by atoms with Gasteiger partial charge in [-0.3, -0.25) is 0 Å². The SMILES string of the molecule is CCC1CCc2cc(NCc3ccc(C)c(-c4ccc(OC)nc4)c3)ccc21. The molecule has 1 N–H and O–H groups in total. The average molecular weight is 373 g/mol. The van der Waals surface area contributed by atoms with Gasteiger partial charge in [0, 0.05) is 30.1 Å². The number of aryl methyl sites for hydroxylation is 2. The van der Waals surface area contributed by atoms with Gasteiger partial charge >= 0.3 is 0 Å². The van der Waals surface area contributed by atoms with Gasteiger partial charge < -0.3 is 10.1 Å². The van der Waals surface area contributed by atoms with E-state index in [0.29, 0.717) is 5.88 Å². The summed E-state index contributed by atoms with van der Waals surface area (Å²) in [5, 5.41) is 3.60. The van der Waals surface area contributed by atoms with Crippen LogP contribution in [0.5, 0.6) is 5.88 Å². The van der Waals surface area contributed by atoms with Gasteiger partial charge in [0.2, 0.25) is 5.88 Å². The second kappa shape index (κ2) is 8.05. The Bertz CT molecular complexity index is 963. The molecule has 0 aliphatic heterocycles. The van der Waals surface area contributed by atoms with Crippen LogP contribution in [0.4, 0.5) is 5.69 Å². The lowest BCUT2D eigenvalue weighted by Gasteiger charge is -2.13. The highest BCUT2D eigenvalue weighted by Gasteiger charge is 2.20. The van der Waals surface area contributed by atoms with Gasteiger partial charge in [-0.15, -0.1) is 0 Å². The first kappa shape index (κ1) is 18.5. The van der Waals surface area contributed by atoms with Crippen LogP contribution in [0.2, 0.25) is 0 Å². The van der Waals surface area contributed by atoms with E-state index in [9.17, 15) is 0 Å². The minimum absolute atomic E-state index is 0.640. The van der Waals surface area contributed by atoms with Gasteiger partial charge in [-0.05, 0) is 84.2 Å². The first-order valence-electron chi connectivity index (χ1n) is 10.1. The first-order chi connectivity index (χ1) is 13.7. The molecular weight excluding hydrogens is 344 g/mol. The third-order valence-corrected chi connectivity index (χ3v) is 5.89. The lowest BCUT2D eigenvalue weighted by Crippen LogP contribution is -2.01. The number of ether oxygens (including phenoxy) is 1. The van der Waals surface area contributed by atoms with Crippen molar-refractivity contribution in [2.24, 2.45) is 0 Å². The molecule has 1 unspecified atom stereocenters. The maximum absolute atomic E-state index is 5.17. The van der Waals surface area contributed by atoms with Gasteiger partial charge in [0.1, 0.15) is 0 Å². The molecule has 144 valence electrons. The monoisotopic (exact) mass is 372 g/mol. The Balaban J connectivity index is 1.50. The molecule has 2 aromatic carbocycles. The first-order valence-corrected chi connectivity index (χ1v) is 10.1. The zero-order valence-electron chi connectivity index (χ0n) is 17.0. The molecule has 0 saturated heterocycles. The van der Waals surface area contributed by atoms with Crippen LogP contribution >= 0.6 is 0 Å². The predicted molar refractivity (Wildman–Crippen MR) is 116 cm³/mol. The molecule has 1 aliphatic rings. The van der Waals surface area contributed by atoms with Crippen molar-refractivity contribution in [2.45, 2.75) is 45.6 Å². The third-order valence-electron chi connectivity index (χ3n) is 5.89. The second-order valence-electron chi connectivity index (χ2n) is 7.65. The minimum Gasteiger partial charge on any atom is -0.481 e. The number of nitrogens with one attached hydrogen (secondary N) is 1. The number of rotatable bonds is 6. The van der Waals surface area contributed by atoms with Crippen molar-refractivity contribution in [3.05, 3.63) is 77.0 Å². The van der Waals surface area contributed by atoms with Crippen LogP contribution in [-0.4, -0.2) is 12.1 Å². The summed E-state index contributed by atoms with van der Waals surface area (Å²) in [6, 6.07) is 17.5. The summed E-state index contributed by atoms with van der Waals surface area (Å²) in [4.78, 5) is 4.35. The number of hydrogen-bond donors (Lipinski definition) is 1. The van der Waals surface area contributed by atoms with Crippen LogP contribution in [-0.2, 0) is 13.0 Å². The molecule has 3 aromatic rings. The number of hydrogen-bond acceptors (Lipinski definition) is 3. The number of aromatic nitrogens is 1. The van der Waals surface area contributed by atoms with Crippen molar-refractivity contribution < 1.29 is 4.74 Å². The smallest absolute Gasteiger partial charge is 0.212 e. The Morgan fingerprint density at radius 2 is 2.00 bits per heavy atom. The number of pyridine rings is 1. The fraction of sp³-hybridized carbons (Fsp3) is 0.320. The van der Waals surface area contributed by atoms with Gasteiger partial charge in [-0.1, -0.05) is 25.1 Å². The van der Waals surface area contributed by atoms with Crippen molar-refractivity contribution in [3.8, 4) is 17.0 Å². The zero-order chi connectivity index (χ0) is 19.5. The molecule has 0 amide bonds. The van der Waals surface area contributed by atoms with Gasteiger partial charge in [-0.2, -0.15) is 0 Å². The van der Waals surface area contributed by atoms with Crippen LogP contribution in [0.1, 0.15) is 47.9 Å². The lowest BCUT2D eigenvalue weighted by atomic mass is 9.98. The highest BCUT2D eigenvalue weighted by Crippen LogP contribution is 2.36. The molecule has 1 atom stereocenters. The van der Waals surface area contributed by atoms with E-state index >= 15 is 0 Å². The summed E-state index contributed by atoms with van der Waals surface area (Å²) in [6.45, 7) is 5.24. The highest BCUT2D eigenvalue weighted by molar-refractivity contribution is 5.67. The lowest BCUT2D eigenvalue weighted by molar-refractivity contribution is 0.398. The minimum atomic E-state index is 0.640. The van der Waals surface area contributed by atoms with Crippen LogP contribution in [0.3, 0.4) is 0 Å². The van der Waals surface area contributed by atoms with E-state index in [4.69, 9.17) is 4.74 Å². The summed E-state index contributed by atoms with van der Waals surface area (Å²) < 4.78 is 5.17. The van der Waals surface area contributed by atoms with Crippen molar-refractivity contribution in [1.82, 2.24) is 4.98 Å². The van der Waals surface area contributed by atoms with Gasteiger partial charge in [0.05, 0.1) is 7.11 Å². The topological polar surface area (TPSA) is 34.1 Å². The van der Waals surface area contributed by atoms with E-state index in [-0.39, 0.29) is 0 Å². The summed E-state index contributed by atoms with van der Waals surface area (Å²) in [7, 11) is 1.64. The third kappa shape index (κ3) is 3.75. The fourth-order valence-corrected chi connectivity index (χ4v) is 4.19. The van der Waals surface area contributed by atoms with Crippen molar-refractivity contribution in [3.63, 3.8) is 0 Å². The molecule has 1 aromatic heterocycles. The zero-order valence-corrected chi connectivity index (χ0v) is 17.0. The number of nitrogens with zero attached hydrogens (tertiary/aromatic N) is 1. The average Bonchev–Trinajstić information content (AvgIpc) is 3.15. The summed E-state index contributed by atoms with van der Waals surface area (Å²) >= 11 is 0. The van der Waals surface area contributed by atoms with E-state index in [2.05, 4.69) is 66.6 Å². The largest absolute Gasteiger partial charge is 0.481 e. The second-order valence-corrected chi connectivity index (χ2v) is 7.65. The molecule has 0 fully saturated rings. The van der Waals surface area contributed by atoms with Gasteiger partial charge in [0.15, 0.2) is 0 Å². The van der Waals surface area contributed by atoms with Crippen molar-refractivity contribution in [1.29, 1.82) is 0 Å². The molecule has 28 heavy (non-hydrogen) atoms.